The fourth-order valence-electron chi connectivity index (χ4n) is 1.49. The van der Waals surface area contributed by atoms with Crippen molar-refractivity contribution in [2.75, 3.05) is 6.54 Å². The van der Waals surface area contributed by atoms with E-state index in [0.29, 0.717) is 0 Å². The van der Waals surface area contributed by atoms with Crippen LogP contribution in [0.4, 0.5) is 0 Å². The fraction of sp³-hybridized carbons (Fsp3) is 1.00. The summed E-state index contributed by atoms with van der Waals surface area (Å²) in [4.78, 5) is 3.32. The molecular weight excluding hydrogens is 233 g/mol. The van der Waals surface area contributed by atoms with Gasteiger partial charge in [-0.2, -0.15) is 13.9 Å². The standard InChI is InChI=1S/C7H15N4P3/c1-3-6(2)4-7-5-11(7)14-9-12-8-13-10-14/h6-7H,3-5H2,1-2H3,(H,8,9,10). The summed E-state index contributed by atoms with van der Waals surface area (Å²) in [7, 11) is 1.51. The lowest BCUT2D eigenvalue weighted by molar-refractivity contribution is 0.493. The summed E-state index contributed by atoms with van der Waals surface area (Å²) >= 11 is 0. The molecule has 2 aliphatic heterocycles. The molecule has 1 N–H and O–H groups in total. The third-order valence-electron chi connectivity index (χ3n) is 2.64. The SMILES string of the molecule is CCC(C)CC1CN1P1N=PN=PN1. The second-order valence-corrected chi connectivity index (χ2v) is 7.49. The number of hydrogen-bond acceptors (Lipinski definition) is 4. The summed E-state index contributed by atoms with van der Waals surface area (Å²) in [6, 6.07) is 0.788. The Bertz CT molecular complexity index is 257. The van der Waals surface area contributed by atoms with Crippen LogP contribution in [0.3, 0.4) is 0 Å². The van der Waals surface area contributed by atoms with Crippen LogP contribution in [0.2, 0.25) is 0 Å². The average Bonchev–Trinajstić information content (AvgIpc) is 2.98. The molecule has 0 aliphatic carbocycles. The highest BCUT2D eigenvalue weighted by Gasteiger charge is 2.41. The van der Waals surface area contributed by atoms with Crippen molar-refractivity contribution >= 4 is 25.4 Å². The Morgan fingerprint density at radius 2 is 2.57 bits per heavy atom. The molecule has 0 radical (unpaired) electrons. The molecule has 2 aliphatic rings. The van der Waals surface area contributed by atoms with Crippen molar-refractivity contribution < 1.29 is 0 Å². The molecule has 4 nitrogen and oxygen atoms in total. The van der Waals surface area contributed by atoms with Gasteiger partial charge >= 0.3 is 0 Å². The Hall–Kier alpha value is 0.550. The first-order valence-corrected chi connectivity index (χ1v) is 7.83. The summed E-state index contributed by atoms with van der Waals surface area (Å²) in [5.74, 6) is 0.851. The molecule has 0 amide bonds. The monoisotopic (exact) mass is 248 g/mol. The molecule has 0 aromatic carbocycles. The van der Waals surface area contributed by atoms with Crippen molar-refractivity contribution in [2.45, 2.75) is 32.7 Å². The van der Waals surface area contributed by atoms with E-state index in [1.54, 1.807) is 0 Å². The van der Waals surface area contributed by atoms with Crippen LogP contribution in [0.15, 0.2) is 9.03 Å². The highest BCUT2D eigenvalue weighted by molar-refractivity contribution is 7.65. The van der Waals surface area contributed by atoms with E-state index in [4.69, 9.17) is 0 Å². The molecule has 0 saturated carbocycles. The quantitative estimate of drug-likeness (QED) is 0.602. The van der Waals surface area contributed by atoms with Crippen LogP contribution >= 0.6 is 25.4 Å². The summed E-state index contributed by atoms with van der Waals surface area (Å²) in [6.07, 6.45) is 2.62. The lowest BCUT2D eigenvalue weighted by Crippen LogP contribution is -2.05. The zero-order valence-electron chi connectivity index (χ0n) is 8.46. The van der Waals surface area contributed by atoms with E-state index in [2.05, 4.69) is 32.4 Å². The van der Waals surface area contributed by atoms with Crippen molar-refractivity contribution in [1.82, 2.24) is 9.53 Å². The fourth-order valence-corrected chi connectivity index (χ4v) is 5.40. The van der Waals surface area contributed by atoms with Gasteiger partial charge in [-0.1, -0.05) is 20.3 Å². The first kappa shape index (κ1) is 11.0. The van der Waals surface area contributed by atoms with Gasteiger partial charge in [0.15, 0.2) is 16.9 Å². The summed E-state index contributed by atoms with van der Waals surface area (Å²) in [6.45, 7) is 5.83. The topological polar surface area (TPSA) is 39.8 Å². The van der Waals surface area contributed by atoms with Gasteiger partial charge in [0.05, 0.1) is 0 Å². The maximum atomic E-state index is 4.45. The number of nitrogens with one attached hydrogen (secondary N) is 1. The molecule has 0 bridgehead atoms. The molecule has 2 heterocycles. The zero-order valence-corrected chi connectivity index (χ0v) is 11.1. The van der Waals surface area contributed by atoms with Gasteiger partial charge in [0.2, 0.25) is 0 Å². The van der Waals surface area contributed by atoms with Gasteiger partial charge in [0.1, 0.15) is 8.52 Å². The van der Waals surface area contributed by atoms with Gasteiger partial charge in [0, 0.05) is 12.6 Å². The smallest absolute Gasteiger partial charge is 0.182 e. The normalized spacial score (nSPS) is 39.4. The zero-order chi connectivity index (χ0) is 9.97. The lowest BCUT2D eigenvalue weighted by atomic mass is 10.0. The van der Waals surface area contributed by atoms with E-state index in [0.717, 1.165) is 29.0 Å². The predicted octanol–water partition coefficient (Wildman–Crippen LogP) is 4.03. The first-order valence-electron chi connectivity index (χ1n) is 4.94. The second kappa shape index (κ2) is 5.05. The minimum Gasteiger partial charge on any atom is -0.245 e. The van der Waals surface area contributed by atoms with Crippen LogP contribution in [0.25, 0.3) is 0 Å². The molecule has 0 aromatic heterocycles. The molecule has 1 saturated heterocycles. The highest BCUT2D eigenvalue weighted by Crippen LogP contribution is 2.53. The Balaban J connectivity index is 1.76. The maximum absolute atomic E-state index is 4.45. The van der Waals surface area contributed by atoms with Gasteiger partial charge in [-0.3, -0.25) is 0 Å². The van der Waals surface area contributed by atoms with Crippen LogP contribution in [0, 0.1) is 5.92 Å². The Morgan fingerprint density at radius 1 is 1.71 bits per heavy atom. The number of nitrogens with zero attached hydrogens (tertiary/aromatic N) is 3. The Kier molecular flexibility index (Phi) is 3.99. The van der Waals surface area contributed by atoms with E-state index in [9.17, 15) is 0 Å². The molecule has 2 rings (SSSR count). The lowest BCUT2D eigenvalue weighted by Gasteiger charge is -2.14. The van der Waals surface area contributed by atoms with Gasteiger partial charge < -0.3 is 0 Å². The molecule has 78 valence electrons. The van der Waals surface area contributed by atoms with Gasteiger partial charge in [-0.05, 0) is 12.3 Å². The molecule has 4 atom stereocenters. The maximum Gasteiger partial charge on any atom is 0.182 e. The summed E-state index contributed by atoms with van der Waals surface area (Å²) < 4.78 is 11.0. The van der Waals surface area contributed by atoms with Crippen LogP contribution in [-0.2, 0) is 0 Å². The van der Waals surface area contributed by atoms with Gasteiger partial charge in [0.25, 0.3) is 0 Å². The molecule has 1 fully saturated rings. The molecule has 0 aromatic rings. The third-order valence-corrected chi connectivity index (χ3v) is 6.37. The number of hydrogen-bond donors (Lipinski definition) is 1. The minimum atomic E-state index is -0.405. The van der Waals surface area contributed by atoms with Crippen LogP contribution in [0.5, 0.6) is 0 Å². The van der Waals surface area contributed by atoms with E-state index < -0.39 is 8.37 Å². The third kappa shape index (κ3) is 2.78. The van der Waals surface area contributed by atoms with Crippen molar-refractivity contribution in [3.8, 4) is 0 Å². The van der Waals surface area contributed by atoms with Gasteiger partial charge in [-0.15, -0.1) is 0 Å². The minimum absolute atomic E-state index is 0.405. The molecule has 0 spiro atoms. The summed E-state index contributed by atoms with van der Waals surface area (Å²) in [5, 5.41) is 0. The Morgan fingerprint density at radius 3 is 3.21 bits per heavy atom. The Labute approximate surface area is 89.6 Å². The van der Waals surface area contributed by atoms with Gasteiger partial charge in [-0.25, -0.2) is 4.67 Å². The largest absolute Gasteiger partial charge is 0.245 e. The molecule has 7 heteroatoms. The van der Waals surface area contributed by atoms with Crippen LogP contribution in [-0.4, -0.2) is 17.3 Å². The van der Waals surface area contributed by atoms with E-state index in [1.807, 2.05) is 0 Å². The average molecular weight is 248 g/mol. The van der Waals surface area contributed by atoms with Crippen molar-refractivity contribution in [3.63, 3.8) is 0 Å². The predicted molar refractivity (Wildman–Crippen MR) is 63.3 cm³/mol. The molecule has 4 unspecified atom stereocenters. The highest BCUT2D eigenvalue weighted by atomic mass is 31.2. The van der Waals surface area contributed by atoms with Crippen LogP contribution < -0.4 is 4.86 Å². The molecular formula is C7H15N4P3. The van der Waals surface area contributed by atoms with E-state index in [-0.39, 0.29) is 0 Å². The number of rotatable bonds is 4. The van der Waals surface area contributed by atoms with Crippen molar-refractivity contribution in [3.05, 3.63) is 0 Å². The van der Waals surface area contributed by atoms with Crippen molar-refractivity contribution in [2.24, 2.45) is 14.9 Å². The first-order chi connectivity index (χ1) is 6.81. The summed E-state index contributed by atoms with van der Waals surface area (Å²) in [5.41, 5.74) is 0. The molecule has 14 heavy (non-hydrogen) atoms. The van der Waals surface area contributed by atoms with E-state index in [1.165, 1.54) is 19.4 Å². The second-order valence-electron chi connectivity index (χ2n) is 3.78. The van der Waals surface area contributed by atoms with Crippen LogP contribution in [0.1, 0.15) is 26.7 Å². The van der Waals surface area contributed by atoms with E-state index >= 15 is 0 Å². The van der Waals surface area contributed by atoms with Crippen molar-refractivity contribution in [1.29, 1.82) is 0 Å².